The van der Waals surface area contributed by atoms with Gasteiger partial charge in [-0.05, 0) is 29.2 Å². The second-order valence-electron chi connectivity index (χ2n) is 8.49. The fraction of sp³-hybridized carbons (Fsp3) is 0.400. The van der Waals surface area contributed by atoms with Crippen molar-refractivity contribution < 1.29 is 33.7 Å². The molecular formula is C25H28N2O7. The third-order valence-corrected chi connectivity index (χ3v) is 6.47. The van der Waals surface area contributed by atoms with Crippen molar-refractivity contribution in [3.8, 4) is 11.1 Å². The van der Waals surface area contributed by atoms with E-state index in [0.717, 1.165) is 22.3 Å². The first-order chi connectivity index (χ1) is 16.4. The summed E-state index contributed by atoms with van der Waals surface area (Å²) in [4.78, 5) is 36.9. The number of hydrogen-bond donors (Lipinski definition) is 3. The number of alkyl carbamates (subject to hydrolysis) is 1. The first-order valence-corrected chi connectivity index (χ1v) is 11.2. The van der Waals surface area contributed by atoms with Crippen molar-refractivity contribution in [3.05, 3.63) is 59.7 Å². The zero-order valence-corrected chi connectivity index (χ0v) is 19.0. The van der Waals surface area contributed by atoms with Gasteiger partial charge in [0.05, 0.1) is 25.4 Å². The molecule has 180 valence electrons. The van der Waals surface area contributed by atoms with E-state index in [1.165, 1.54) is 7.11 Å². The first-order valence-electron chi connectivity index (χ1n) is 11.2. The lowest BCUT2D eigenvalue weighted by molar-refractivity contribution is -0.142. The smallest absolute Gasteiger partial charge is 0.407 e. The Kier molecular flexibility index (Phi) is 7.14. The molecule has 2 unspecified atom stereocenters. The molecule has 1 aliphatic carbocycles. The quantitative estimate of drug-likeness (QED) is 0.542. The Hall–Kier alpha value is -3.43. The lowest BCUT2D eigenvalue weighted by Crippen LogP contribution is -2.56. The zero-order valence-electron chi connectivity index (χ0n) is 19.0. The minimum atomic E-state index is -1.07. The molecule has 9 heteroatoms. The predicted octanol–water partition coefficient (Wildman–Crippen LogP) is 2.14. The van der Waals surface area contributed by atoms with Crippen molar-refractivity contribution in [2.45, 2.75) is 31.0 Å². The molecule has 3 N–H and O–H groups in total. The number of ether oxygens (including phenoxy) is 3. The van der Waals surface area contributed by atoms with Crippen molar-refractivity contribution in [3.63, 3.8) is 0 Å². The Bertz CT molecular complexity index is 1030. The second kappa shape index (κ2) is 10.2. The summed E-state index contributed by atoms with van der Waals surface area (Å²) in [5.74, 6) is -2.58. The number of aliphatic carboxylic acids is 1. The molecule has 2 aliphatic rings. The molecule has 0 bridgehead atoms. The van der Waals surface area contributed by atoms with Crippen LogP contribution in [0.2, 0.25) is 0 Å². The highest BCUT2D eigenvalue weighted by atomic mass is 16.5. The molecule has 0 spiro atoms. The number of methoxy groups -OCH3 is 1. The summed E-state index contributed by atoms with van der Waals surface area (Å²) in [6.07, 6.45) is -1.44. The van der Waals surface area contributed by atoms with Gasteiger partial charge < -0.3 is 30.0 Å². The van der Waals surface area contributed by atoms with Crippen LogP contribution in [0.25, 0.3) is 11.1 Å². The van der Waals surface area contributed by atoms with Gasteiger partial charge in [-0.15, -0.1) is 0 Å². The van der Waals surface area contributed by atoms with Crippen LogP contribution in [0.1, 0.15) is 24.0 Å². The van der Waals surface area contributed by atoms with Gasteiger partial charge in [0.2, 0.25) is 5.91 Å². The van der Waals surface area contributed by atoms with Gasteiger partial charge >= 0.3 is 12.1 Å². The Morgan fingerprint density at radius 2 is 1.68 bits per heavy atom. The van der Waals surface area contributed by atoms with Gasteiger partial charge in [0.25, 0.3) is 0 Å². The third-order valence-electron chi connectivity index (χ3n) is 6.47. The van der Waals surface area contributed by atoms with Gasteiger partial charge in [-0.1, -0.05) is 48.5 Å². The molecule has 2 amide bonds. The minimum Gasteiger partial charge on any atom is -0.481 e. The van der Waals surface area contributed by atoms with Crippen LogP contribution in [0.4, 0.5) is 4.79 Å². The van der Waals surface area contributed by atoms with Crippen LogP contribution < -0.4 is 10.6 Å². The number of carbonyl (C=O) groups excluding carboxylic acids is 2. The highest BCUT2D eigenvalue weighted by Gasteiger charge is 2.38. The number of benzene rings is 2. The maximum absolute atomic E-state index is 12.9. The number of rotatable bonds is 8. The number of carboxylic acid groups (broad SMARTS) is 1. The van der Waals surface area contributed by atoms with Gasteiger partial charge in [-0.3, -0.25) is 9.59 Å². The van der Waals surface area contributed by atoms with Crippen molar-refractivity contribution in [1.29, 1.82) is 0 Å². The molecule has 2 aromatic rings. The lowest BCUT2D eigenvalue weighted by atomic mass is 9.98. The van der Waals surface area contributed by atoms with Crippen LogP contribution >= 0.6 is 0 Å². The number of carboxylic acids is 1. The summed E-state index contributed by atoms with van der Waals surface area (Å²) >= 11 is 0. The first kappa shape index (κ1) is 23.7. The molecule has 0 aromatic heterocycles. The van der Waals surface area contributed by atoms with E-state index in [9.17, 15) is 19.5 Å². The Morgan fingerprint density at radius 3 is 2.26 bits per heavy atom. The highest BCUT2D eigenvalue weighted by Crippen LogP contribution is 2.44. The van der Waals surface area contributed by atoms with Crippen LogP contribution in [0.3, 0.4) is 0 Å². The second-order valence-corrected chi connectivity index (χ2v) is 8.49. The molecule has 0 saturated carbocycles. The number of fused-ring (bicyclic) bond motifs is 3. The summed E-state index contributed by atoms with van der Waals surface area (Å²) in [6, 6.07) is 14.2. The third kappa shape index (κ3) is 4.76. The van der Waals surface area contributed by atoms with Gasteiger partial charge in [0.15, 0.2) is 0 Å². The fourth-order valence-corrected chi connectivity index (χ4v) is 4.51. The van der Waals surface area contributed by atoms with E-state index in [4.69, 9.17) is 14.2 Å². The van der Waals surface area contributed by atoms with Crippen molar-refractivity contribution in [1.82, 2.24) is 10.6 Å². The molecule has 2 aromatic carbocycles. The summed E-state index contributed by atoms with van der Waals surface area (Å²) in [6.45, 7) is 1.84. The summed E-state index contributed by atoms with van der Waals surface area (Å²) in [5, 5.41) is 14.5. The molecular weight excluding hydrogens is 440 g/mol. The molecule has 0 radical (unpaired) electrons. The summed E-state index contributed by atoms with van der Waals surface area (Å²) in [7, 11) is 1.42. The average molecular weight is 469 g/mol. The van der Waals surface area contributed by atoms with Crippen LogP contribution in [-0.2, 0) is 23.8 Å². The predicted molar refractivity (Wildman–Crippen MR) is 122 cm³/mol. The van der Waals surface area contributed by atoms with Crippen LogP contribution in [0, 0.1) is 5.92 Å². The van der Waals surface area contributed by atoms with E-state index >= 15 is 0 Å². The normalized spacial score (nSPS) is 20.6. The SMILES string of the molecule is CO[C@H](C)[C@H](NC(=O)OCC1c2ccccc2-c2ccccc21)C(=O)NC1COCC1C(=O)O. The number of amides is 2. The maximum atomic E-state index is 12.9. The van der Waals surface area contributed by atoms with E-state index in [-0.39, 0.29) is 25.7 Å². The van der Waals surface area contributed by atoms with Gasteiger partial charge in [-0.25, -0.2) is 4.79 Å². The maximum Gasteiger partial charge on any atom is 0.407 e. The molecule has 1 saturated heterocycles. The zero-order chi connectivity index (χ0) is 24.2. The van der Waals surface area contributed by atoms with Gasteiger partial charge in [0, 0.05) is 13.0 Å². The van der Waals surface area contributed by atoms with Crippen LogP contribution in [0.5, 0.6) is 0 Å². The summed E-state index contributed by atoms with van der Waals surface area (Å²) < 4.78 is 16.0. The molecule has 1 fully saturated rings. The summed E-state index contributed by atoms with van der Waals surface area (Å²) in [5.41, 5.74) is 4.39. The molecule has 4 rings (SSSR count). The lowest BCUT2D eigenvalue weighted by Gasteiger charge is -2.26. The molecule has 1 heterocycles. The highest BCUT2D eigenvalue weighted by molar-refractivity contribution is 5.87. The topological polar surface area (TPSA) is 123 Å². The van der Waals surface area contributed by atoms with Gasteiger partial charge in [0.1, 0.15) is 18.6 Å². The van der Waals surface area contributed by atoms with E-state index in [1.54, 1.807) is 6.92 Å². The van der Waals surface area contributed by atoms with E-state index in [2.05, 4.69) is 10.6 Å². The number of carbonyl (C=O) groups is 3. The molecule has 9 nitrogen and oxygen atoms in total. The molecule has 1 aliphatic heterocycles. The minimum absolute atomic E-state index is 0.0184. The number of nitrogens with one attached hydrogen (secondary N) is 2. The van der Waals surface area contributed by atoms with E-state index in [0.29, 0.717) is 0 Å². The molecule has 34 heavy (non-hydrogen) atoms. The van der Waals surface area contributed by atoms with Crippen molar-refractivity contribution in [2.24, 2.45) is 5.92 Å². The Labute approximate surface area is 197 Å². The Morgan fingerprint density at radius 1 is 1.06 bits per heavy atom. The largest absolute Gasteiger partial charge is 0.481 e. The Balaban J connectivity index is 1.41. The van der Waals surface area contributed by atoms with Crippen molar-refractivity contribution >= 4 is 18.0 Å². The van der Waals surface area contributed by atoms with Crippen LogP contribution in [0.15, 0.2) is 48.5 Å². The van der Waals surface area contributed by atoms with Crippen LogP contribution in [-0.4, -0.2) is 68.2 Å². The fourth-order valence-electron chi connectivity index (χ4n) is 4.51. The standard InChI is InChI=1S/C25H28N2O7/c1-14(32-2)22(23(28)26-21-13-33-11-20(21)24(29)30)27-25(31)34-12-19-17-9-5-3-7-15(17)16-8-4-6-10-18(16)19/h3-10,14,19-22H,11-13H2,1-2H3,(H,26,28)(H,27,31)(H,29,30)/t14-,20?,21?,22+/m1/s1. The number of hydrogen-bond acceptors (Lipinski definition) is 6. The van der Waals surface area contributed by atoms with E-state index in [1.807, 2.05) is 48.5 Å². The monoisotopic (exact) mass is 468 g/mol. The van der Waals surface area contributed by atoms with Gasteiger partial charge in [-0.2, -0.15) is 0 Å². The molecule has 4 atom stereocenters. The van der Waals surface area contributed by atoms with Crippen molar-refractivity contribution in [2.75, 3.05) is 26.9 Å². The van der Waals surface area contributed by atoms with E-state index < -0.39 is 42.1 Å². The average Bonchev–Trinajstić information content (AvgIpc) is 3.43.